The Morgan fingerprint density at radius 1 is 1.24 bits per heavy atom. The van der Waals surface area contributed by atoms with Gasteiger partial charge in [-0.25, -0.2) is 0 Å². The van der Waals surface area contributed by atoms with Crippen LogP contribution in [0.2, 0.25) is 0 Å². The molecule has 0 bridgehead atoms. The highest BCUT2D eigenvalue weighted by molar-refractivity contribution is 5.45. The van der Waals surface area contributed by atoms with Crippen molar-refractivity contribution in [1.82, 2.24) is 5.32 Å². The lowest BCUT2D eigenvalue weighted by Gasteiger charge is -2.16. The van der Waals surface area contributed by atoms with Crippen LogP contribution in [0.4, 0.5) is 5.69 Å². The van der Waals surface area contributed by atoms with E-state index in [0.717, 1.165) is 6.54 Å². The highest BCUT2D eigenvalue weighted by Crippen LogP contribution is 2.13. The normalized spacial score (nSPS) is 11.0. The Bertz CT molecular complexity index is 385. The van der Waals surface area contributed by atoms with Gasteiger partial charge in [-0.15, -0.1) is 0 Å². The molecule has 0 aliphatic heterocycles. The van der Waals surface area contributed by atoms with Crippen molar-refractivity contribution in [2.24, 2.45) is 5.41 Å². The van der Waals surface area contributed by atoms with E-state index in [-0.39, 0.29) is 5.41 Å². The Hall–Kier alpha value is -1.53. The van der Waals surface area contributed by atoms with Gasteiger partial charge in [0.25, 0.3) is 0 Å². The molecule has 17 heavy (non-hydrogen) atoms. The number of benzene rings is 1. The van der Waals surface area contributed by atoms with Crippen molar-refractivity contribution in [2.45, 2.75) is 20.4 Å². The molecular formula is C14H21N3. The zero-order valence-electron chi connectivity index (χ0n) is 11.1. The van der Waals surface area contributed by atoms with Gasteiger partial charge in [0.05, 0.1) is 11.5 Å². The van der Waals surface area contributed by atoms with E-state index in [2.05, 4.69) is 40.6 Å². The van der Waals surface area contributed by atoms with E-state index in [1.807, 2.05) is 27.9 Å². The summed E-state index contributed by atoms with van der Waals surface area (Å²) in [5.74, 6) is 0. The number of nitriles is 1. The van der Waals surface area contributed by atoms with E-state index in [9.17, 15) is 0 Å². The molecule has 1 rings (SSSR count). The van der Waals surface area contributed by atoms with Crippen LogP contribution in [0.1, 0.15) is 19.4 Å². The maximum absolute atomic E-state index is 8.89. The van der Waals surface area contributed by atoms with Crippen LogP contribution >= 0.6 is 0 Å². The van der Waals surface area contributed by atoms with E-state index < -0.39 is 0 Å². The molecule has 0 heterocycles. The molecule has 1 aromatic rings. The first-order valence-corrected chi connectivity index (χ1v) is 5.83. The van der Waals surface area contributed by atoms with Crippen LogP contribution in [0, 0.1) is 16.7 Å². The van der Waals surface area contributed by atoms with Crippen LogP contribution in [-0.4, -0.2) is 20.6 Å². The maximum atomic E-state index is 8.89. The number of hydrogen-bond donors (Lipinski definition) is 1. The minimum absolute atomic E-state index is 0.302. The number of hydrogen-bond acceptors (Lipinski definition) is 3. The Labute approximate surface area is 104 Å². The smallest absolute Gasteiger partial charge is 0.0697 e. The second-order valence-electron chi connectivity index (χ2n) is 5.16. The average molecular weight is 231 g/mol. The molecule has 0 saturated carbocycles. The van der Waals surface area contributed by atoms with Crippen molar-refractivity contribution in [3.63, 3.8) is 0 Å². The molecule has 0 aromatic heterocycles. The third-order valence-corrected chi connectivity index (χ3v) is 2.65. The molecule has 1 aromatic carbocycles. The molecule has 0 fully saturated rings. The third kappa shape index (κ3) is 4.46. The molecule has 0 spiro atoms. The molecule has 0 saturated heterocycles. The van der Waals surface area contributed by atoms with Crippen LogP contribution in [0.5, 0.6) is 0 Å². The Balaban J connectivity index is 2.46. The monoisotopic (exact) mass is 231 g/mol. The van der Waals surface area contributed by atoms with E-state index in [4.69, 9.17) is 5.26 Å². The summed E-state index contributed by atoms with van der Waals surface area (Å²) in [4.78, 5) is 2.08. The number of rotatable bonds is 5. The van der Waals surface area contributed by atoms with Crippen LogP contribution in [-0.2, 0) is 6.54 Å². The summed E-state index contributed by atoms with van der Waals surface area (Å²) in [5.41, 5.74) is 2.14. The SMILES string of the molecule is CN(C)c1ccc(CNCC(C)(C)C#N)cc1. The van der Waals surface area contributed by atoms with Gasteiger partial charge in [0, 0.05) is 32.9 Å². The van der Waals surface area contributed by atoms with Gasteiger partial charge < -0.3 is 10.2 Å². The minimum atomic E-state index is -0.302. The topological polar surface area (TPSA) is 39.1 Å². The second kappa shape index (κ2) is 5.70. The van der Waals surface area contributed by atoms with Crippen molar-refractivity contribution in [3.8, 4) is 6.07 Å². The number of nitrogens with zero attached hydrogens (tertiary/aromatic N) is 2. The third-order valence-electron chi connectivity index (χ3n) is 2.65. The lowest BCUT2D eigenvalue weighted by molar-refractivity contribution is 0.445. The summed E-state index contributed by atoms with van der Waals surface area (Å²) in [7, 11) is 4.06. The average Bonchev–Trinajstić information content (AvgIpc) is 2.29. The molecule has 0 atom stereocenters. The van der Waals surface area contributed by atoms with E-state index in [1.165, 1.54) is 11.3 Å². The molecule has 0 aliphatic carbocycles. The van der Waals surface area contributed by atoms with Crippen molar-refractivity contribution < 1.29 is 0 Å². The fourth-order valence-corrected chi connectivity index (χ4v) is 1.47. The predicted octanol–water partition coefficient (Wildman–Crippen LogP) is 2.39. The molecule has 0 radical (unpaired) electrons. The lowest BCUT2D eigenvalue weighted by Crippen LogP contribution is -2.27. The summed E-state index contributed by atoms with van der Waals surface area (Å²) >= 11 is 0. The quantitative estimate of drug-likeness (QED) is 0.845. The van der Waals surface area contributed by atoms with Crippen LogP contribution in [0.25, 0.3) is 0 Å². The number of anilines is 1. The van der Waals surface area contributed by atoms with Crippen molar-refractivity contribution in [3.05, 3.63) is 29.8 Å². The van der Waals surface area contributed by atoms with Gasteiger partial charge >= 0.3 is 0 Å². The van der Waals surface area contributed by atoms with Crippen LogP contribution < -0.4 is 10.2 Å². The first kappa shape index (κ1) is 13.5. The summed E-state index contributed by atoms with van der Waals surface area (Å²) in [6.45, 7) is 5.39. The summed E-state index contributed by atoms with van der Waals surface area (Å²) in [6, 6.07) is 10.7. The van der Waals surface area contributed by atoms with Crippen molar-refractivity contribution in [1.29, 1.82) is 5.26 Å². The van der Waals surface area contributed by atoms with Crippen molar-refractivity contribution >= 4 is 5.69 Å². The van der Waals surface area contributed by atoms with Gasteiger partial charge in [0.2, 0.25) is 0 Å². The van der Waals surface area contributed by atoms with Gasteiger partial charge in [0.15, 0.2) is 0 Å². The Morgan fingerprint density at radius 2 is 1.82 bits per heavy atom. The molecular weight excluding hydrogens is 210 g/mol. The van der Waals surface area contributed by atoms with E-state index in [1.54, 1.807) is 0 Å². The molecule has 0 amide bonds. The first-order chi connectivity index (χ1) is 7.94. The minimum Gasteiger partial charge on any atom is -0.378 e. The molecule has 92 valence electrons. The van der Waals surface area contributed by atoms with Gasteiger partial charge in [-0.05, 0) is 31.5 Å². The summed E-state index contributed by atoms with van der Waals surface area (Å²) in [6.07, 6.45) is 0. The largest absolute Gasteiger partial charge is 0.378 e. The maximum Gasteiger partial charge on any atom is 0.0697 e. The molecule has 0 unspecified atom stereocenters. The highest BCUT2D eigenvalue weighted by Gasteiger charge is 2.15. The van der Waals surface area contributed by atoms with Gasteiger partial charge in [-0.1, -0.05) is 12.1 Å². The zero-order valence-corrected chi connectivity index (χ0v) is 11.1. The molecule has 3 nitrogen and oxygen atoms in total. The van der Waals surface area contributed by atoms with Crippen LogP contribution in [0.3, 0.4) is 0 Å². The standard InChI is InChI=1S/C14H21N3/c1-14(2,10-15)11-16-9-12-5-7-13(8-6-12)17(3)4/h5-8,16H,9,11H2,1-4H3. The van der Waals surface area contributed by atoms with Gasteiger partial charge in [-0.2, -0.15) is 5.26 Å². The Morgan fingerprint density at radius 3 is 2.29 bits per heavy atom. The van der Waals surface area contributed by atoms with Gasteiger partial charge in [0.1, 0.15) is 0 Å². The zero-order chi connectivity index (χ0) is 12.9. The lowest BCUT2D eigenvalue weighted by atomic mass is 9.96. The highest BCUT2D eigenvalue weighted by atomic mass is 15.1. The van der Waals surface area contributed by atoms with Crippen molar-refractivity contribution in [2.75, 3.05) is 25.5 Å². The summed E-state index contributed by atoms with van der Waals surface area (Å²) < 4.78 is 0. The molecule has 0 aliphatic rings. The molecule has 3 heteroatoms. The first-order valence-electron chi connectivity index (χ1n) is 5.83. The fraction of sp³-hybridized carbons (Fsp3) is 0.500. The Kier molecular flexibility index (Phi) is 4.53. The van der Waals surface area contributed by atoms with Gasteiger partial charge in [-0.3, -0.25) is 0 Å². The van der Waals surface area contributed by atoms with E-state index in [0.29, 0.717) is 6.54 Å². The van der Waals surface area contributed by atoms with E-state index >= 15 is 0 Å². The molecule has 1 N–H and O–H groups in total. The fourth-order valence-electron chi connectivity index (χ4n) is 1.47. The second-order valence-corrected chi connectivity index (χ2v) is 5.16. The predicted molar refractivity (Wildman–Crippen MR) is 71.9 cm³/mol. The number of nitrogens with one attached hydrogen (secondary N) is 1. The summed E-state index contributed by atoms with van der Waals surface area (Å²) in [5, 5.41) is 12.2. The van der Waals surface area contributed by atoms with Crippen LogP contribution in [0.15, 0.2) is 24.3 Å².